The van der Waals surface area contributed by atoms with Gasteiger partial charge in [0.25, 0.3) is 0 Å². The second kappa shape index (κ2) is 11.8. The van der Waals surface area contributed by atoms with Crippen LogP contribution < -0.4 is 0 Å². The van der Waals surface area contributed by atoms with Crippen LogP contribution in [0.15, 0.2) is 12.2 Å². The summed E-state index contributed by atoms with van der Waals surface area (Å²) in [6, 6.07) is 0. The minimum Gasteiger partial charge on any atom is -0.391 e. The molecule has 4 heteroatoms. The lowest BCUT2D eigenvalue weighted by Gasteiger charge is -2.31. The maximum absolute atomic E-state index is 12.2. The van der Waals surface area contributed by atoms with Gasteiger partial charge in [-0.05, 0) is 19.8 Å². The van der Waals surface area contributed by atoms with Crippen LogP contribution in [0.4, 0.5) is 0 Å². The molecule has 0 aromatic heterocycles. The normalized spacial score (nSPS) is 12.0. The monoisotopic (exact) mass is 299 g/mol. The Morgan fingerprint density at radius 3 is 2.43 bits per heavy atom. The number of hydrogen-bond acceptors (Lipinski definition) is 2. The van der Waals surface area contributed by atoms with Crippen molar-refractivity contribution in [2.45, 2.75) is 46.0 Å². The van der Waals surface area contributed by atoms with E-state index in [-0.39, 0.29) is 12.5 Å². The van der Waals surface area contributed by atoms with Crippen LogP contribution in [0.3, 0.4) is 0 Å². The number of allylic oxidation sites excluding steroid dienone is 1. The van der Waals surface area contributed by atoms with Gasteiger partial charge >= 0.3 is 0 Å². The predicted molar refractivity (Wildman–Crippen MR) is 89.1 cm³/mol. The van der Waals surface area contributed by atoms with Gasteiger partial charge < -0.3 is 14.5 Å². The van der Waals surface area contributed by atoms with Crippen molar-refractivity contribution in [2.75, 3.05) is 46.9 Å². The topological polar surface area (TPSA) is 40.5 Å². The summed E-state index contributed by atoms with van der Waals surface area (Å²) in [7, 11) is 4.17. The highest BCUT2D eigenvalue weighted by Gasteiger charge is 2.18. The van der Waals surface area contributed by atoms with Crippen molar-refractivity contribution in [1.82, 2.24) is 4.90 Å². The molecule has 0 unspecified atom stereocenters. The van der Waals surface area contributed by atoms with Gasteiger partial charge in [0, 0.05) is 13.0 Å². The van der Waals surface area contributed by atoms with Crippen LogP contribution in [-0.2, 0) is 4.79 Å². The molecule has 21 heavy (non-hydrogen) atoms. The lowest BCUT2D eigenvalue weighted by Crippen LogP contribution is -2.48. The molecule has 4 nitrogen and oxygen atoms in total. The lowest BCUT2D eigenvalue weighted by atomic mass is 10.2. The molecule has 0 spiro atoms. The van der Waals surface area contributed by atoms with Crippen LogP contribution in [0, 0.1) is 0 Å². The van der Waals surface area contributed by atoms with Gasteiger partial charge in [0.1, 0.15) is 6.54 Å². The number of aliphatic hydroxyl groups excluding tert-OH is 1. The molecule has 1 amide bonds. The molecule has 0 aliphatic carbocycles. The highest BCUT2D eigenvalue weighted by molar-refractivity contribution is 5.77. The molecule has 0 rings (SSSR count). The van der Waals surface area contributed by atoms with E-state index in [1.165, 1.54) is 19.3 Å². The maximum Gasteiger partial charge on any atom is 0.226 e. The Morgan fingerprint density at radius 2 is 1.86 bits per heavy atom. The van der Waals surface area contributed by atoms with Gasteiger partial charge in [0.15, 0.2) is 0 Å². The molecule has 0 aromatic carbocycles. The van der Waals surface area contributed by atoms with Crippen molar-refractivity contribution in [3.8, 4) is 0 Å². The average Bonchev–Trinajstić information content (AvgIpc) is 2.43. The smallest absolute Gasteiger partial charge is 0.226 e. The third-order valence-electron chi connectivity index (χ3n) is 3.85. The van der Waals surface area contributed by atoms with Crippen molar-refractivity contribution < 1.29 is 14.4 Å². The highest BCUT2D eigenvalue weighted by Crippen LogP contribution is 2.03. The van der Waals surface area contributed by atoms with Crippen LogP contribution >= 0.6 is 0 Å². The van der Waals surface area contributed by atoms with Crippen molar-refractivity contribution in [3.63, 3.8) is 0 Å². The second-order valence-corrected chi connectivity index (χ2v) is 6.25. The number of likely N-dealkylation sites (N-methyl/N-ethyl adjacent to an activating group) is 2. The zero-order valence-corrected chi connectivity index (χ0v) is 14.5. The maximum atomic E-state index is 12.2. The second-order valence-electron chi connectivity index (χ2n) is 6.25. The summed E-state index contributed by atoms with van der Waals surface area (Å²) in [6.45, 7) is 7.52. The van der Waals surface area contributed by atoms with Crippen LogP contribution in [0.2, 0.25) is 0 Å². The fourth-order valence-corrected chi connectivity index (χ4v) is 2.18. The zero-order chi connectivity index (χ0) is 16.1. The first kappa shape index (κ1) is 20.1. The van der Waals surface area contributed by atoms with Crippen LogP contribution in [0.5, 0.6) is 0 Å². The van der Waals surface area contributed by atoms with E-state index in [0.29, 0.717) is 6.42 Å². The summed E-state index contributed by atoms with van der Waals surface area (Å²) in [4.78, 5) is 14.1. The van der Waals surface area contributed by atoms with E-state index >= 15 is 0 Å². The number of aliphatic hydroxyl groups is 1. The number of nitrogens with zero attached hydrogens (tertiary/aromatic N) is 2. The van der Waals surface area contributed by atoms with Gasteiger partial charge in [-0.2, -0.15) is 0 Å². The van der Waals surface area contributed by atoms with E-state index in [0.717, 1.165) is 37.1 Å². The van der Waals surface area contributed by atoms with E-state index in [2.05, 4.69) is 27.1 Å². The van der Waals surface area contributed by atoms with E-state index in [4.69, 9.17) is 5.11 Å². The Morgan fingerprint density at radius 1 is 1.14 bits per heavy atom. The Labute approximate surface area is 131 Å². The number of rotatable bonds is 12. The molecular weight excluding hydrogens is 264 g/mol. The number of quaternary nitrogens is 1. The van der Waals surface area contributed by atoms with Crippen molar-refractivity contribution in [2.24, 2.45) is 0 Å². The quantitative estimate of drug-likeness (QED) is 0.341. The van der Waals surface area contributed by atoms with E-state index < -0.39 is 0 Å². The molecule has 0 atom stereocenters. The third kappa shape index (κ3) is 10.5. The molecule has 0 saturated carbocycles. The molecule has 0 aliphatic rings. The average molecular weight is 299 g/mol. The van der Waals surface area contributed by atoms with Gasteiger partial charge in [-0.25, -0.2) is 0 Å². The molecular formula is C17H35N2O2+. The van der Waals surface area contributed by atoms with E-state index in [1.54, 1.807) is 0 Å². The summed E-state index contributed by atoms with van der Waals surface area (Å²) < 4.78 is 0.743. The first-order chi connectivity index (χ1) is 9.96. The van der Waals surface area contributed by atoms with Gasteiger partial charge in [-0.3, -0.25) is 4.79 Å². The number of carbonyl (C=O) groups is 1. The minimum atomic E-state index is 0.188. The molecule has 0 heterocycles. The van der Waals surface area contributed by atoms with Crippen molar-refractivity contribution in [1.29, 1.82) is 0 Å². The first-order valence-electron chi connectivity index (χ1n) is 8.32. The van der Waals surface area contributed by atoms with Crippen LogP contribution in [0.25, 0.3) is 0 Å². The predicted octanol–water partition coefficient (Wildman–Crippen LogP) is 2.43. The number of amides is 1. The lowest BCUT2D eigenvalue weighted by molar-refractivity contribution is -0.890. The van der Waals surface area contributed by atoms with E-state index in [1.807, 2.05) is 17.9 Å². The van der Waals surface area contributed by atoms with E-state index in [9.17, 15) is 4.79 Å². The zero-order valence-electron chi connectivity index (χ0n) is 14.5. The number of carbonyl (C=O) groups excluding carboxylic acids is 1. The number of unbranched alkanes of at least 4 members (excludes halogenated alkanes) is 3. The van der Waals surface area contributed by atoms with Gasteiger partial charge in [-0.15, -0.1) is 0 Å². The molecule has 0 radical (unpaired) electrons. The third-order valence-corrected chi connectivity index (χ3v) is 3.85. The van der Waals surface area contributed by atoms with Gasteiger partial charge in [0.2, 0.25) is 5.91 Å². The molecule has 0 aliphatic heterocycles. The van der Waals surface area contributed by atoms with Crippen molar-refractivity contribution in [3.05, 3.63) is 12.2 Å². The Balaban J connectivity index is 4.07. The Kier molecular flexibility index (Phi) is 11.3. The molecule has 0 bridgehead atoms. The molecule has 0 fully saturated rings. The summed E-state index contributed by atoms with van der Waals surface area (Å²) in [5.41, 5.74) is 0. The highest BCUT2D eigenvalue weighted by atomic mass is 16.3. The summed E-state index contributed by atoms with van der Waals surface area (Å²) in [5.74, 6) is 0.202. The molecule has 0 aromatic rings. The Hall–Kier alpha value is -0.870. The van der Waals surface area contributed by atoms with Crippen LogP contribution in [-0.4, -0.2) is 67.3 Å². The van der Waals surface area contributed by atoms with Gasteiger partial charge in [0.05, 0.1) is 33.8 Å². The fourth-order valence-electron chi connectivity index (χ4n) is 2.18. The molecule has 0 saturated heterocycles. The SMILES string of the molecule is CCCCC/C=C/CC(=O)N(CC)CC[N+](C)(C)CCO. The van der Waals surface area contributed by atoms with Crippen molar-refractivity contribution >= 4 is 5.91 Å². The molecule has 1 N–H and O–H groups in total. The van der Waals surface area contributed by atoms with Gasteiger partial charge in [-0.1, -0.05) is 31.9 Å². The Bertz CT molecular complexity index is 301. The first-order valence-corrected chi connectivity index (χ1v) is 8.32. The largest absolute Gasteiger partial charge is 0.391 e. The standard InChI is InChI=1S/C17H35N2O2/c1-5-7-8-9-10-11-12-17(21)18(6-2)13-14-19(3,4)15-16-20/h10-11,20H,5-9,12-16H2,1-4H3/q+1/b11-10+. The fraction of sp³-hybridized carbons (Fsp3) is 0.824. The van der Waals surface area contributed by atoms with Crippen LogP contribution in [0.1, 0.15) is 46.0 Å². The minimum absolute atomic E-state index is 0.188. The molecule has 124 valence electrons. The number of hydrogen-bond donors (Lipinski definition) is 1. The summed E-state index contributed by atoms with van der Waals surface area (Å²) in [5, 5.41) is 9.03. The summed E-state index contributed by atoms with van der Waals surface area (Å²) >= 11 is 0. The summed E-state index contributed by atoms with van der Waals surface area (Å²) in [6.07, 6.45) is 9.43.